The predicted molar refractivity (Wildman–Crippen MR) is 131 cm³/mol. The summed E-state index contributed by atoms with van der Waals surface area (Å²) in [6.07, 6.45) is 3.16. The van der Waals surface area contributed by atoms with Crippen molar-refractivity contribution in [1.29, 1.82) is 0 Å². The van der Waals surface area contributed by atoms with Crippen LogP contribution < -0.4 is 10.6 Å². The Balaban J connectivity index is 1.33. The SMILES string of the molecule is O=C(NCc1cnc(-c2ccccc2CO)nc1)c1ccc2c(c1)NC(=O)c1ccccc1S2(=O)=O. The number of benzene rings is 3. The number of amides is 2. The van der Waals surface area contributed by atoms with Crippen LogP contribution in [0.25, 0.3) is 11.4 Å². The molecule has 0 bridgehead atoms. The predicted octanol–water partition coefficient (Wildman–Crippen LogP) is 2.96. The van der Waals surface area contributed by atoms with E-state index in [0.29, 0.717) is 17.0 Å². The molecule has 0 spiro atoms. The Kier molecular flexibility index (Phi) is 6.05. The average molecular weight is 501 g/mol. The first kappa shape index (κ1) is 23.3. The zero-order valence-corrected chi connectivity index (χ0v) is 19.6. The molecule has 180 valence electrons. The first-order valence-corrected chi connectivity index (χ1v) is 12.4. The van der Waals surface area contributed by atoms with Crippen LogP contribution >= 0.6 is 0 Å². The van der Waals surface area contributed by atoms with Gasteiger partial charge >= 0.3 is 0 Å². The molecule has 1 aliphatic rings. The summed E-state index contributed by atoms with van der Waals surface area (Å²) in [5.74, 6) is -0.565. The van der Waals surface area contributed by atoms with Gasteiger partial charge in [-0.05, 0) is 35.9 Å². The molecule has 2 heterocycles. The fourth-order valence-electron chi connectivity index (χ4n) is 3.95. The molecule has 3 N–H and O–H groups in total. The van der Waals surface area contributed by atoms with Crippen molar-refractivity contribution in [3.8, 4) is 11.4 Å². The number of anilines is 1. The van der Waals surface area contributed by atoms with Crippen molar-refractivity contribution in [3.63, 3.8) is 0 Å². The van der Waals surface area contributed by atoms with E-state index in [9.17, 15) is 23.1 Å². The van der Waals surface area contributed by atoms with E-state index in [4.69, 9.17) is 0 Å². The molecule has 0 fully saturated rings. The van der Waals surface area contributed by atoms with Gasteiger partial charge in [-0.15, -0.1) is 0 Å². The lowest BCUT2D eigenvalue weighted by Crippen LogP contribution is -2.23. The van der Waals surface area contributed by atoms with Gasteiger partial charge in [0.25, 0.3) is 11.8 Å². The number of rotatable bonds is 5. The molecule has 0 aliphatic carbocycles. The van der Waals surface area contributed by atoms with Gasteiger partial charge in [0.15, 0.2) is 5.82 Å². The minimum absolute atomic E-state index is 0.0408. The van der Waals surface area contributed by atoms with E-state index < -0.39 is 21.7 Å². The van der Waals surface area contributed by atoms with Gasteiger partial charge in [-0.25, -0.2) is 18.4 Å². The maximum Gasteiger partial charge on any atom is 0.257 e. The topological polar surface area (TPSA) is 138 Å². The number of aliphatic hydroxyl groups is 1. The highest BCUT2D eigenvalue weighted by Crippen LogP contribution is 2.34. The average Bonchev–Trinajstić information content (AvgIpc) is 2.99. The number of sulfone groups is 1. The largest absolute Gasteiger partial charge is 0.392 e. The number of fused-ring (bicyclic) bond motifs is 2. The minimum Gasteiger partial charge on any atom is -0.392 e. The fourth-order valence-corrected chi connectivity index (χ4v) is 5.54. The molecule has 9 nitrogen and oxygen atoms in total. The molecule has 1 aliphatic heterocycles. The molecular weight excluding hydrogens is 480 g/mol. The number of hydrogen-bond donors (Lipinski definition) is 3. The smallest absolute Gasteiger partial charge is 0.257 e. The van der Waals surface area contributed by atoms with Gasteiger partial charge in [0, 0.05) is 35.6 Å². The number of nitrogens with one attached hydrogen (secondary N) is 2. The molecule has 0 radical (unpaired) electrons. The summed E-state index contributed by atoms with van der Waals surface area (Å²) >= 11 is 0. The van der Waals surface area contributed by atoms with Crippen LogP contribution in [0.2, 0.25) is 0 Å². The van der Waals surface area contributed by atoms with E-state index in [1.165, 1.54) is 30.3 Å². The number of aliphatic hydroxyl groups excluding tert-OH is 1. The van der Waals surface area contributed by atoms with Crippen LogP contribution in [-0.2, 0) is 23.0 Å². The van der Waals surface area contributed by atoms with Crippen LogP contribution in [0.1, 0.15) is 31.8 Å². The first-order valence-electron chi connectivity index (χ1n) is 11.0. The molecule has 0 saturated heterocycles. The van der Waals surface area contributed by atoms with Crippen LogP contribution in [0.5, 0.6) is 0 Å². The Hall–Kier alpha value is -4.41. The molecule has 5 rings (SSSR count). The van der Waals surface area contributed by atoms with E-state index in [1.54, 1.807) is 30.6 Å². The number of carbonyl (C=O) groups excluding carboxylic acids is 2. The van der Waals surface area contributed by atoms with Crippen LogP contribution in [0.3, 0.4) is 0 Å². The number of hydrogen-bond acceptors (Lipinski definition) is 7. The summed E-state index contributed by atoms with van der Waals surface area (Å²) in [4.78, 5) is 33.9. The van der Waals surface area contributed by atoms with Gasteiger partial charge in [0.2, 0.25) is 9.84 Å². The molecule has 36 heavy (non-hydrogen) atoms. The molecular formula is C26H20N4O5S. The van der Waals surface area contributed by atoms with Crippen LogP contribution in [0, 0.1) is 0 Å². The first-order chi connectivity index (χ1) is 17.4. The number of aromatic nitrogens is 2. The Bertz CT molecular complexity index is 1600. The lowest BCUT2D eigenvalue weighted by molar-refractivity contribution is 0.0949. The van der Waals surface area contributed by atoms with Crippen molar-refractivity contribution >= 4 is 27.3 Å². The van der Waals surface area contributed by atoms with Crippen molar-refractivity contribution in [2.24, 2.45) is 0 Å². The fraction of sp³-hybridized carbons (Fsp3) is 0.0769. The molecule has 0 saturated carbocycles. The van der Waals surface area contributed by atoms with Crippen LogP contribution in [0.4, 0.5) is 5.69 Å². The third kappa shape index (κ3) is 4.23. The molecule has 3 aromatic carbocycles. The van der Waals surface area contributed by atoms with Gasteiger partial charge < -0.3 is 15.7 Å². The monoisotopic (exact) mass is 500 g/mol. The minimum atomic E-state index is -3.95. The summed E-state index contributed by atoms with van der Waals surface area (Å²) in [5, 5.41) is 14.9. The normalized spacial score (nSPS) is 13.6. The summed E-state index contributed by atoms with van der Waals surface area (Å²) in [6.45, 7) is -0.0000915. The van der Waals surface area contributed by atoms with E-state index >= 15 is 0 Å². The highest BCUT2D eigenvalue weighted by atomic mass is 32.2. The van der Waals surface area contributed by atoms with Gasteiger partial charge in [-0.3, -0.25) is 9.59 Å². The van der Waals surface area contributed by atoms with Gasteiger partial charge in [-0.2, -0.15) is 0 Å². The van der Waals surface area contributed by atoms with Crippen molar-refractivity contribution in [2.75, 3.05) is 5.32 Å². The number of carbonyl (C=O) groups is 2. The molecule has 10 heteroatoms. The highest BCUT2D eigenvalue weighted by molar-refractivity contribution is 7.91. The lowest BCUT2D eigenvalue weighted by atomic mass is 10.1. The Morgan fingerprint density at radius 3 is 2.36 bits per heavy atom. The third-order valence-electron chi connectivity index (χ3n) is 5.79. The zero-order chi connectivity index (χ0) is 25.3. The summed E-state index contributed by atoms with van der Waals surface area (Å²) in [5.41, 5.74) is 2.35. The van der Waals surface area contributed by atoms with E-state index in [0.717, 1.165) is 5.56 Å². The maximum absolute atomic E-state index is 13.1. The molecule has 1 aromatic heterocycles. The maximum atomic E-state index is 13.1. The summed E-state index contributed by atoms with van der Waals surface area (Å²) in [7, 11) is -3.95. The van der Waals surface area contributed by atoms with Crippen LogP contribution in [-0.4, -0.2) is 35.3 Å². The highest BCUT2D eigenvalue weighted by Gasteiger charge is 2.31. The van der Waals surface area contributed by atoms with Gasteiger partial charge in [0.1, 0.15) is 0 Å². The van der Waals surface area contributed by atoms with Crippen molar-refractivity contribution in [1.82, 2.24) is 15.3 Å². The Morgan fingerprint density at radius 1 is 0.917 bits per heavy atom. The lowest BCUT2D eigenvalue weighted by Gasteiger charge is -2.10. The molecule has 0 atom stereocenters. The number of nitrogens with zero attached hydrogens (tertiary/aromatic N) is 2. The van der Waals surface area contributed by atoms with E-state index in [2.05, 4.69) is 20.6 Å². The van der Waals surface area contributed by atoms with Crippen molar-refractivity contribution < 1.29 is 23.1 Å². The molecule has 0 unspecified atom stereocenters. The Labute approximate surface area is 206 Å². The van der Waals surface area contributed by atoms with Crippen molar-refractivity contribution in [3.05, 3.63) is 101 Å². The second-order valence-corrected chi connectivity index (χ2v) is 9.96. The zero-order valence-electron chi connectivity index (χ0n) is 18.8. The second-order valence-electron chi connectivity index (χ2n) is 8.08. The van der Waals surface area contributed by atoms with Crippen LogP contribution in [0.15, 0.2) is 88.9 Å². The third-order valence-corrected chi connectivity index (χ3v) is 7.66. The summed E-state index contributed by atoms with van der Waals surface area (Å²) < 4.78 is 26.2. The van der Waals surface area contributed by atoms with Crippen molar-refractivity contribution in [2.45, 2.75) is 22.9 Å². The Morgan fingerprint density at radius 2 is 1.61 bits per heavy atom. The quantitative estimate of drug-likeness (QED) is 0.383. The summed E-state index contributed by atoms with van der Waals surface area (Å²) in [6, 6.07) is 17.3. The van der Waals surface area contributed by atoms with Gasteiger partial charge in [-0.1, -0.05) is 36.4 Å². The molecule has 2 amide bonds. The van der Waals surface area contributed by atoms with Gasteiger partial charge in [0.05, 0.1) is 27.6 Å². The second kappa shape index (κ2) is 9.33. The van der Waals surface area contributed by atoms with E-state index in [-0.39, 0.29) is 39.8 Å². The standard InChI is InChI=1S/C26H20N4O5S/c31-15-18-5-1-2-6-19(18)24-27-12-16(13-28-24)14-29-25(32)17-9-10-23-21(11-17)30-26(33)20-7-3-4-8-22(20)36(23,34)35/h1-13,31H,14-15H2,(H,29,32)(H,30,33). The van der Waals surface area contributed by atoms with E-state index in [1.807, 2.05) is 18.2 Å². The molecule has 4 aromatic rings.